The van der Waals surface area contributed by atoms with E-state index in [4.69, 9.17) is 20.1 Å². The number of pyridine rings is 1. The Morgan fingerprint density at radius 3 is 2.38 bits per heavy atom. The number of hydrogen-bond donors (Lipinski definition) is 5. The van der Waals surface area contributed by atoms with E-state index in [0.717, 1.165) is 24.0 Å². The Labute approximate surface area is 270 Å². The maximum Gasteiger partial charge on any atom is 0.290 e. The van der Waals surface area contributed by atoms with Crippen molar-refractivity contribution in [3.8, 4) is 40.1 Å². The molecule has 3 aromatic carbocycles. The molecule has 0 bridgehead atoms. The molecule has 47 heavy (non-hydrogen) atoms. The number of hydroxylamine groups is 1. The maximum absolute atomic E-state index is 14.8. The number of nitriles is 2. The van der Waals surface area contributed by atoms with Crippen LogP contribution < -0.4 is 15.7 Å². The summed E-state index contributed by atoms with van der Waals surface area (Å²) in [6.45, 7) is 1.73. The minimum absolute atomic E-state index is 0.0523. The number of anilines is 1. The number of halogens is 1. The molecule has 0 radical (unpaired) electrons. The Kier molecular flexibility index (Phi) is 11.7. The molecule has 1 fully saturated rings. The number of hydrogen-bond acceptors (Lipinski definition) is 9. The van der Waals surface area contributed by atoms with Gasteiger partial charge in [0.25, 0.3) is 12.4 Å². The van der Waals surface area contributed by atoms with Crippen LogP contribution in [0.5, 0.6) is 5.75 Å². The van der Waals surface area contributed by atoms with E-state index < -0.39 is 11.7 Å². The van der Waals surface area contributed by atoms with Gasteiger partial charge < -0.3 is 20.4 Å². The highest BCUT2D eigenvalue weighted by Crippen LogP contribution is 2.40. The van der Waals surface area contributed by atoms with Crippen LogP contribution in [0.25, 0.3) is 28.3 Å². The fourth-order valence-electron chi connectivity index (χ4n) is 5.31. The number of carboxylic acid groups (broad SMARTS) is 1. The van der Waals surface area contributed by atoms with E-state index in [0.29, 0.717) is 53.3 Å². The monoisotopic (exact) mass is 634 g/mol. The second-order valence-corrected chi connectivity index (χ2v) is 10.5. The predicted molar refractivity (Wildman–Crippen MR) is 172 cm³/mol. The molecule has 0 aliphatic carbocycles. The number of nitrogens with one attached hydrogen (secondary N) is 2. The Bertz CT molecular complexity index is 1840. The van der Waals surface area contributed by atoms with Crippen LogP contribution in [0.2, 0.25) is 0 Å². The van der Waals surface area contributed by atoms with Gasteiger partial charge in [0.05, 0.1) is 5.56 Å². The van der Waals surface area contributed by atoms with E-state index in [1.54, 1.807) is 48.1 Å². The standard InChI is InChI=1S/C34H29FN6O3.CH2O2/c35-31-17-25(9-10-26(31)18-36)33-29(19-37)34(39-21-30(33)24-2-1-3-28(42)16-24)41-14-12-27(13-15-41)38-20-23-6-4-22(5-7-23)8-11-32(43)40-44;2-1-3/h1-11,16-17,21,27,38,42,44H,12-15,20H2,(H,40,43);1H,(H,2,3)/b11-8+;. The summed E-state index contributed by atoms with van der Waals surface area (Å²) >= 11 is 0. The van der Waals surface area contributed by atoms with Crippen LogP contribution in [0.4, 0.5) is 10.2 Å². The quantitative estimate of drug-likeness (QED) is 0.0767. The van der Waals surface area contributed by atoms with Gasteiger partial charge in [0.2, 0.25) is 0 Å². The molecule has 2 heterocycles. The summed E-state index contributed by atoms with van der Waals surface area (Å²) in [6.07, 6.45) is 6.15. The van der Waals surface area contributed by atoms with E-state index in [-0.39, 0.29) is 23.8 Å². The van der Waals surface area contributed by atoms with Crippen molar-refractivity contribution in [2.75, 3.05) is 18.0 Å². The van der Waals surface area contributed by atoms with Crippen molar-refractivity contribution >= 4 is 24.3 Å². The summed E-state index contributed by atoms with van der Waals surface area (Å²) < 4.78 is 14.8. The van der Waals surface area contributed by atoms with Crippen LogP contribution in [-0.4, -0.2) is 51.9 Å². The molecule has 0 spiro atoms. The highest BCUT2D eigenvalue weighted by Gasteiger charge is 2.26. The van der Waals surface area contributed by atoms with Gasteiger partial charge in [-0.15, -0.1) is 0 Å². The Hall–Kier alpha value is -6.08. The summed E-state index contributed by atoms with van der Waals surface area (Å²) in [7, 11) is 0. The predicted octanol–water partition coefficient (Wildman–Crippen LogP) is 4.98. The molecule has 12 heteroatoms. The third-order valence-corrected chi connectivity index (χ3v) is 7.61. The molecular weight excluding hydrogens is 603 g/mol. The number of benzene rings is 3. The Morgan fingerprint density at radius 1 is 1.04 bits per heavy atom. The van der Waals surface area contributed by atoms with Crippen molar-refractivity contribution in [1.82, 2.24) is 15.8 Å². The zero-order chi connectivity index (χ0) is 33.8. The first-order chi connectivity index (χ1) is 22.8. The molecular formula is C35H31FN6O5. The van der Waals surface area contributed by atoms with Crippen LogP contribution in [0, 0.1) is 28.5 Å². The molecule has 5 rings (SSSR count). The average Bonchev–Trinajstić information content (AvgIpc) is 3.10. The van der Waals surface area contributed by atoms with Gasteiger partial charge in [0.1, 0.15) is 35.1 Å². The normalized spacial score (nSPS) is 12.8. The van der Waals surface area contributed by atoms with Gasteiger partial charge in [0.15, 0.2) is 0 Å². The van der Waals surface area contributed by atoms with Crippen molar-refractivity contribution in [2.24, 2.45) is 0 Å². The third kappa shape index (κ3) is 8.55. The van der Waals surface area contributed by atoms with Crippen LogP contribution in [0.3, 0.4) is 0 Å². The molecule has 1 amide bonds. The number of nitrogens with zero attached hydrogens (tertiary/aromatic N) is 4. The lowest BCUT2D eigenvalue weighted by molar-refractivity contribution is -0.124. The molecule has 238 valence electrons. The molecule has 1 aliphatic rings. The third-order valence-electron chi connectivity index (χ3n) is 7.61. The number of piperidine rings is 1. The number of aromatic hydroxyl groups is 1. The van der Waals surface area contributed by atoms with Crippen LogP contribution in [-0.2, 0) is 16.1 Å². The first-order valence-electron chi connectivity index (χ1n) is 14.5. The number of phenolic OH excluding ortho intramolecular Hbond substituents is 1. The van der Waals surface area contributed by atoms with Crippen molar-refractivity contribution in [1.29, 1.82) is 10.5 Å². The molecule has 4 aromatic rings. The van der Waals surface area contributed by atoms with Crippen LogP contribution >= 0.6 is 0 Å². The van der Waals surface area contributed by atoms with E-state index in [1.165, 1.54) is 18.2 Å². The molecule has 1 aliphatic heterocycles. The first-order valence-corrected chi connectivity index (χ1v) is 14.5. The lowest BCUT2D eigenvalue weighted by Crippen LogP contribution is -2.42. The number of phenols is 1. The summed E-state index contributed by atoms with van der Waals surface area (Å²) in [5.74, 6) is -0.711. The highest BCUT2D eigenvalue weighted by molar-refractivity contribution is 5.91. The summed E-state index contributed by atoms with van der Waals surface area (Å²) in [5.41, 5.74) is 5.82. The Balaban J connectivity index is 0.00000160. The second kappa shape index (κ2) is 16.3. The summed E-state index contributed by atoms with van der Waals surface area (Å²) in [4.78, 5) is 26.3. The largest absolute Gasteiger partial charge is 0.508 e. The zero-order valence-electron chi connectivity index (χ0n) is 25.1. The summed E-state index contributed by atoms with van der Waals surface area (Å²) in [5, 5.41) is 48.8. The average molecular weight is 635 g/mol. The van der Waals surface area contributed by atoms with Crippen LogP contribution in [0.15, 0.2) is 79.0 Å². The number of rotatable bonds is 8. The van der Waals surface area contributed by atoms with Gasteiger partial charge >= 0.3 is 0 Å². The molecule has 1 saturated heterocycles. The number of carbonyl (C=O) groups excluding carboxylic acids is 1. The summed E-state index contributed by atoms with van der Waals surface area (Å²) in [6, 6.07) is 23.0. The number of aromatic nitrogens is 1. The Morgan fingerprint density at radius 2 is 1.77 bits per heavy atom. The minimum Gasteiger partial charge on any atom is -0.508 e. The minimum atomic E-state index is -0.679. The van der Waals surface area contributed by atoms with Gasteiger partial charge in [-0.25, -0.2) is 14.9 Å². The molecule has 0 saturated carbocycles. The fraction of sp³-hybridized carbons (Fsp3) is 0.171. The molecule has 1 aromatic heterocycles. The topological polar surface area (TPSA) is 183 Å². The van der Waals surface area contributed by atoms with E-state index in [9.17, 15) is 24.8 Å². The van der Waals surface area contributed by atoms with Gasteiger partial charge in [-0.3, -0.25) is 14.8 Å². The smallest absolute Gasteiger partial charge is 0.290 e. The van der Waals surface area contributed by atoms with Crippen molar-refractivity contribution < 1.29 is 29.4 Å². The maximum atomic E-state index is 14.8. The first kappa shape index (κ1) is 33.8. The van der Waals surface area contributed by atoms with Crippen molar-refractivity contribution in [3.63, 3.8) is 0 Å². The van der Waals surface area contributed by atoms with E-state index >= 15 is 0 Å². The fourth-order valence-corrected chi connectivity index (χ4v) is 5.31. The van der Waals surface area contributed by atoms with Gasteiger partial charge in [0, 0.05) is 49.1 Å². The van der Waals surface area contributed by atoms with Gasteiger partial charge in [-0.05, 0) is 65.4 Å². The molecule has 11 nitrogen and oxygen atoms in total. The molecule has 0 atom stereocenters. The van der Waals surface area contributed by atoms with Crippen molar-refractivity contribution in [2.45, 2.75) is 25.4 Å². The molecule has 5 N–H and O–H groups in total. The number of carbonyl (C=O) groups is 2. The van der Waals surface area contributed by atoms with E-state index in [2.05, 4.69) is 16.3 Å². The highest BCUT2D eigenvalue weighted by atomic mass is 19.1. The van der Waals surface area contributed by atoms with Crippen molar-refractivity contribution in [3.05, 3.63) is 107 Å². The van der Waals surface area contributed by atoms with E-state index in [1.807, 2.05) is 30.3 Å². The number of amides is 1. The zero-order valence-corrected chi connectivity index (χ0v) is 25.1. The van der Waals surface area contributed by atoms with Gasteiger partial charge in [-0.2, -0.15) is 10.5 Å². The van der Waals surface area contributed by atoms with Crippen LogP contribution in [0.1, 0.15) is 35.1 Å². The lowest BCUT2D eigenvalue weighted by Gasteiger charge is -2.34. The van der Waals surface area contributed by atoms with Gasteiger partial charge in [-0.1, -0.05) is 42.5 Å². The SMILES string of the molecule is N#Cc1ccc(-c2c(-c3cccc(O)c3)cnc(N3CCC(NCc4ccc(/C=C/C(=O)NO)cc4)CC3)c2C#N)cc1F.O=CO. The second-order valence-electron chi connectivity index (χ2n) is 10.5. The molecule has 0 unspecified atom stereocenters. The lowest BCUT2D eigenvalue weighted by atomic mass is 9.91.